The molecule has 5 nitrogen and oxygen atoms in total. The van der Waals surface area contributed by atoms with Crippen LogP contribution in [0.5, 0.6) is 0 Å². The van der Waals surface area contributed by atoms with E-state index in [0.29, 0.717) is 0 Å². The number of rotatable bonds is 4. The lowest BCUT2D eigenvalue weighted by atomic mass is 10.2. The molecular weight excluding hydrogens is 262 g/mol. The molecule has 1 aromatic rings. The monoisotopic (exact) mass is 285 g/mol. The molecule has 2 rings (SSSR count). The molecule has 21 heavy (non-hydrogen) atoms. The molecule has 0 unspecified atom stereocenters. The summed E-state index contributed by atoms with van der Waals surface area (Å²) in [7, 11) is 3.92. The Kier molecular flexibility index (Phi) is 4.42. The Morgan fingerprint density at radius 1 is 1.38 bits per heavy atom. The molecule has 0 aliphatic carbocycles. The van der Waals surface area contributed by atoms with Crippen LogP contribution in [0.2, 0.25) is 0 Å². The second-order valence-electron chi connectivity index (χ2n) is 4.97. The summed E-state index contributed by atoms with van der Waals surface area (Å²) in [4.78, 5) is 12.7. The lowest BCUT2D eigenvalue weighted by Gasteiger charge is -2.21. The van der Waals surface area contributed by atoms with Crippen LogP contribution in [0.4, 0.5) is 11.6 Å². The predicted molar refractivity (Wildman–Crippen MR) is 89.8 cm³/mol. The SMILES string of the molecule is C=C1C=C(Nc2cc(N(C)C)nc(C)n2)C=CN1/C=C\C.[HH]. The minimum Gasteiger partial charge on any atom is -0.363 e. The van der Waals surface area contributed by atoms with E-state index in [1.807, 2.05) is 74.4 Å². The highest BCUT2D eigenvalue weighted by Crippen LogP contribution is 2.20. The van der Waals surface area contributed by atoms with Crippen molar-refractivity contribution < 1.29 is 1.43 Å². The summed E-state index contributed by atoms with van der Waals surface area (Å²) < 4.78 is 0. The third-order valence-corrected chi connectivity index (χ3v) is 2.93. The van der Waals surface area contributed by atoms with Crippen LogP contribution >= 0.6 is 0 Å². The molecule has 1 N–H and O–H groups in total. The van der Waals surface area contributed by atoms with Crippen molar-refractivity contribution in [2.24, 2.45) is 0 Å². The summed E-state index contributed by atoms with van der Waals surface area (Å²) in [5, 5.41) is 3.29. The van der Waals surface area contributed by atoms with Crippen LogP contribution in [0.15, 0.2) is 54.7 Å². The molecule has 112 valence electrons. The van der Waals surface area contributed by atoms with E-state index >= 15 is 0 Å². The van der Waals surface area contributed by atoms with Gasteiger partial charge in [0.1, 0.15) is 17.5 Å². The van der Waals surface area contributed by atoms with E-state index in [1.54, 1.807) is 0 Å². The average molecular weight is 285 g/mol. The highest BCUT2D eigenvalue weighted by molar-refractivity contribution is 5.54. The smallest absolute Gasteiger partial charge is 0.136 e. The van der Waals surface area contributed by atoms with E-state index in [1.165, 1.54) is 0 Å². The van der Waals surface area contributed by atoms with Gasteiger partial charge in [0.25, 0.3) is 0 Å². The second-order valence-corrected chi connectivity index (χ2v) is 4.97. The van der Waals surface area contributed by atoms with Crippen molar-refractivity contribution in [3.8, 4) is 0 Å². The van der Waals surface area contributed by atoms with Gasteiger partial charge in [-0.3, -0.25) is 0 Å². The van der Waals surface area contributed by atoms with Crippen LogP contribution in [0.3, 0.4) is 0 Å². The number of anilines is 2. The van der Waals surface area contributed by atoms with Crippen molar-refractivity contribution in [3.63, 3.8) is 0 Å². The summed E-state index contributed by atoms with van der Waals surface area (Å²) in [5.41, 5.74) is 1.85. The van der Waals surface area contributed by atoms with Gasteiger partial charge in [0.15, 0.2) is 0 Å². The minimum atomic E-state index is 0. The Hall–Kier alpha value is -2.56. The number of aromatic nitrogens is 2. The average Bonchev–Trinajstić information content (AvgIpc) is 2.41. The van der Waals surface area contributed by atoms with E-state index in [0.717, 1.165) is 28.9 Å². The molecule has 1 aromatic heterocycles. The summed E-state index contributed by atoms with van der Waals surface area (Å²) >= 11 is 0. The fourth-order valence-electron chi connectivity index (χ4n) is 1.94. The highest BCUT2D eigenvalue weighted by Gasteiger charge is 2.08. The molecule has 5 heteroatoms. The molecule has 1 aliphatic rings. The number of nitrogens with one attached hydrogen (secondary N) is 1. The number of aryl methyl sites for hydroxylation is 1. The summed E-state index contributed by atoms with van der Waals surface area (Å²) in [6.45, 7) is 7.90. The van der Waals surface area contributed by atoms with Crippen LogP contribution in [0.25, 0.3) is 0 Å². The van der Waals surface area contributed by atoms with Gasteiger partial charge in [-0.15, -0.1) is 0 Å². The number of hydrogen-bond acceptors (Lipinski definition) is 5. The Bertz CT molecular complexity index is 631. The lowest BCUT2D eigenvalue weighted by Crippen LogP contribution is -2.15. The first-order chi connectivity index (χ1) is 9.99. The van der Waals surface area contributed by atoms with E-state index < -0.39 is 0 Å². The van der Waals surface area contributed by atoms with Crippen molar-refractivity contribution >= 4 is 11.6 Å². The summed E-state index contributed by atoms with van der Waals surface area (Å²) in [6.07, 6.45) is 9.86. The zero-order valence-electron chi connectivity index (χ0n) is 13.0. The maximum absolute atomic E-state index is 4.41. The van der Waals surface area contributed by atoms with Crippen molar-refractivity contribution in [2.45, 2.75) is 13.8 Å². The zero-order valence-corrected chi connectivity index (χ0v) is 13.0. The third kappa shape index (κ3) is 3.72. The molecule has 0 atom stereocenters. The summed E-state index contributed by atoms with van der Waals surface area (Å²) in [6, 6.07) is 1.92. The van der Waals surface area contributed by atoms with Gasteiger partial charge in [0.2, 0.25) is 0 Å². The Balaban J connectivity index is 0.00000242. The Labute approximate surface area is 127 Å². The quantitative estimate of drug-likeness (QED) is 0.920. The predicted octanol–water partition coefficient (Wildman–Crippen LogP) is 3.27. The molecule has 0 aromatic carbocycles. The molecular formula is C16H23N5. The van der Waals surface area contributed by atoms with Crippen molar-refractivity contribution in [1.82, 2.24) is 14.9 Å². The van der Waals surface area contributed by atoms with Crippen LogP contribution in [-0.2, 0) is 0 Å². The van der Waals surface area contributed by atoms with Gasteiger partial charge in [-0.05, 0) is 26.0 Å². The fourth-order valence-corrected chi connectivity index (χ4v) is 1.94. The van der Waals surface area contributed by atoms with Gasteiger partial charge in [0.05, 0.1) is 0 Å². The normalized spacial score (nSPS) is 14.6. The molecule has 0 bridgehead atoms. The van der Waals surface area contributed by atoms with Gasteiger partial charge in [-0.25, -0.2) is 9.97 Å². The van der Waals surface area contributed by atoms with E-state index in [9.17, 15) is 0 Å². The molecule has 0 saturated heterocycles. The Morgan fingerprint density at radius 2 is 2.14 bits per heavy atom. The van der Waals surface area contributed by atoms with Gasteiger partial charge in [0, 0.05) is 45.4 Å². The van der Waals surface area contributed by atoms with Crippen LogP contribution in [0, 0.1) is 6.92 Å². The number of hydrogen-bond donors (Lipinski definition) is 1. The van der Waals surface area contributed by atoms with E-state index in [2.05, 4.69) is 21.9 Å². The first-order valence-corrected chi connectivity index (χ1v) is 6.79. The molecule has 0 spiro atoms. The maximum atomic E-state index is 4.41. The third-order valence-electron chi connectivity index (χ3n) is 2.93. The molecule has 0 saturated carbocycles. The van der Waals surface area contributed by atoms with Crippen LogP contribution in [-0.4, -0.2) is 29.0 Å². The van der Waals surface area contributed by atoms with Gasteiger partial charge in [-0.2, -0.15) is 0 Å². The minimum absolute atomic E-state index is 0. The van der Waals surface area contributed by atoms with E-state index in [-0.39, 0.29) is 1.43 Å². The second kappa shape index (κ2) is 6.26. The summed E-state index contributed by atoms with van der Waals surface area (Å²) in [5.74, 6) is 2.38. The van der Waals surface area contributed by atoms with Gasteiger partial charge in [-0.1, -0.05) is 12.7 Å². The number of allylic oxidation sites excluding steroid dienone is 3. The first-order valence-electron chi connectivity index (χ1n) is 6.79. The topological polar surface area (TPSA) is 44.3 Å². The van der Waals surface area contributed by atoms with E-state index in [4.69, 9.17) is 0 Å². The maximum Gasteiger partial charge on any atom is 0.136 e. The molecule has 0 amide bonds. The molecule has 2 heterocycles. The largest absolute Gasteiger partial charge is 0.363 e. The van der Waals surface area contributed by atoms with Gasteiger partial charge >= 0.3 is 0 Å². The fraction of sp³-hybridized carbons (Fsp3) is 0.250. The number of nitrogens with zero attached hydrogens (tertiary/aromatic N) is 4. The lowest BCUT2D eigenvalue weighted by molar-refractivity contribution is 0.644. The standard InChI is InChI=1S/C16H21N5.H2/c1-6-8-21-9-7-14(10-12(21)2)19-15-11-16(20(4)5)18-13(3)17-15;/h6-11H,2H2,1,3-5H3,(H,17,18,19);1H/b8-6-;. The van der Waals surface area contributed by atoms with Crippen molar-refractivity contribution in [1.29, 1.82) is 0 Å². The highest BCUT2D eigenvalue weighted by atomic mass is 15.2. The van der Waals surface area contributed by atoms with Crippen molar-refractivity contribution in [2.75, 3.05) is 24.3 Å². The van der Waals surface area contributed by atoms with Crippen LogP contribution in [0.1, 0.15) is 14.2 Å². The molecule has 0 fully saturated rings. The Morgan fingerprint density at radius 3 is 2.76 bits per heavy atom. The molecule has 1 aliphatic heterocycles. The van der Waals surface area contributed by atoms with Gasteiger partial charge < -0.3 is 15.1 Å². The first kappa shape index (κ1) is 14.8. The van der Waals surface area contributed by atoms with Crippen LogP contribution < -0.4 is 10.2 Å². The molecule has 0 radical (unpaired) electrons. The zero-order chi connectivity index (χ0) is 15.4. The van der Waals surface area contributed by atoms with Crippen molar-refractivity contribution in [3.05, 3.63) is 60.5 Å².